The van der Waals surface area contributed by atoms with Crippen molar-refractivity contribution in [3.05, 3.63) is 28.2 Å². The summed E-state index contributed by atoms with van der Waals surface area (Å²) in [5, 5.41) is 6.34. The van der Waals surface area contributed by atoms with Crippen LogP contribution < -0.4 is 16.4 Å². The number of halogens is 2. The minimum atomic E-state index is -0.704. The highest BCUT2D eigenvalue weighted by Gasteiger charge is 2.31. The van der Waals surface area contributed by atoms with Crippen molar-refractivity contribution in [3.8, 4) is 0 Å². The number of hydrogen-bond acceptors (Lipinski definition) is 2. The zero-order valence-electron chi connectivity index (χ0n) is 11.3. The molecular formula is C13H17Cl2N3OS. The lowest BCUT2D eigenvalue weighted by Crippen LogP contribution is -2.57. The van der Waals surface area contributed by atoms with Crippen molar-refractivity contribution in [2.45, 2.75) is 32.2 Å². The van der Waals surface area contributed by atoms with Crippen molar-refractivity contribution < 1.29 is 4.79 Å². The quantitative estimate of drug-likeness (QED) is 0.714. The molecule has 0 radical (unpaired) electrons. The van der Waals surface area contributed by atoms with Gasteiger partial charge in [-0.2, -0.15) is 0 Å². The minimum absolute atomic E-state index is 0.259. The number of benzene rings is 1. The van der Waals surface area contributed by atoms with Gasteiger partial charge in [0.1, 0.15) is 0 Å². The van der Waals surface area contributed by atoms with Crippen molar-refractivity contribution >= 4 is 52.1 Å². The fourth-order valence-electron chi connectivity index (χ4n) is 1.80. The molecule has 110 valence electrons. The lowest BCUT2D eigenvalue weighted by molar-refractivity contribution is 0.243. The molecule has 0 aliphatic rings. The largest absolute Gasteiger partial charge is 0.391 e. The molecule has 1 rings (SSSR count). The molecule has 0 bridgehead atoms. The molecule has 0 heterocycles. The molecule has 0 saturated carbocycles. The van der Waals surface area contributed by atoms with Crippen molar-refractivity contribution in [1.82, 2.24) is 5.32 Å². The van der Waals surface area contributed by atoms with E-state index in [1.165, 1.54) is 0 Å². The predicted octanol–water partition coefficient (Wildman–Crippen LogP) is 3.96. The van der Waals surface area contributed by atoms with Crippen LogP contribution in [0, 0.1) is 0 Å². The van der Waals surface area contributed by atoms with Crippen LogP contribution in [0.3, 0.4) is 0 Å². The maximum absolute atomic E-state index is 12.1. The molecule has 1 aromatic carbocycles. The van der Waals surface area contributed by atoms with E-state index in [9.17, 15) is 4.79 Å². The monoisotopic (exact) mass is 333 g/mol. The number of carbonyl (C=O) groups excluding carboxylic acids is 1. The first kappa shape index (κ1) is 17.0. The summed E-state index contributed by atoms with van der Waals surface area (Å²) in [6.45, 7) is 3.82. The first-order valence-electron chi connectivity index (χ1n) is 6.18. The Kier molecular flexibility index (Phi) is 6.05. The summed E-state index contributed by atoms with van der Waals surface area (Å²) >= 11 is 16.9. The Morgan fingerprint density at radius 3 is 2.45 bits per heavy atom. The van der Waals surface area contributed by atoms with Gasteiger partial charge in [0, 0.05) is 5.02 Å². The highest BCUT2D eigenvalue weighted by atomic mass is 35.5. The standard InChI is InChI=1S/C13H17Cl2N3OS/c1-3-13(4-2,11(16)20)18-12(19)17-10-7-8(14)5-6-9(10)15/h5-7H,3-4H2,1-2H3,(H2,16,20)(H2,17,18,19). The third-order valence-electron chi connectivity index (χ3n) is 3.21. The van der Waals surface area contributed by atoms with Gasteiger partial charge in [-0.3, -0.25) is 0 Å². The second-order valence-electron chi connectivity index (χ2n) is 4.36. The first-order chi connectivity index (χ1) is 9.34. The number of nitrogens with one attached hydrogen (secondary N) is 2. The molecule has 1 aromatic rings. The Hall–Kier alpha value is -1.04. The summed E-state index contributed by atoms with van der Waals surface area (Å²) < 4.78 is 0. The van der Waals surface area contributed by atoms with E-state index in [-0.39, 0.29) is 4.99 Å². The van der Waals surface area contributed by atoms with Gasteiger partial charge < -0.3 is 16.4 Å². The molecule has 0 aromatic heterocycles. The van der Waals surface area contributed by atoms with E-state index in [0.717, 1.165) is 0 Å². The van der Waals surface area contributed by atoms with E-state index in [0.29, 0.717) is 28.6 Å². The molecule has 4 N–H and O–H groups in total. The second-order valence-corrected chi connectivity index (χ2v) is 5.64. The number of urea groups is 1. The fraction of sp³-hybridized carbons (Fsp3) is 0.385. The Balaban J connectivity index is 2.86. The molecule has 0 fully saturated rings. The zero-order valence-corrected chi connectivity index (χ0v) is 13.6. The van der Waals surface area contributed by atoms with Crippen molar-refractivity contribution in [2.75, 3.05) is 5.32 Å². The number of anilines is 1. The summed E-state index contributed by atoms with van der Waals surface area (Å²) in [7, 11) is 0. The third kappa shape index (κ3) is 3.98. The van der Waals surface area contributed by atoms with Gasteiger partial charge in [-0.25, -0.2) is 4.79 Å². The van der Waals surface area contributed by atoms with E-state index in [4.69, 9.17) is 41.2 Å². The highest BCUT2D eigenvalue weighted by molar-refractivity contribution is 7.80. The molecule has 4 nitrogen and oxygen atoms in total. The maximum atomic E-state index is 12.1. The topological polar surface area (TPSA) is 67.2 Å². The van der Waals surface area contributed by atoms with Crippen LogP contribution in [0.4, 0.5) is 10.5 Å². The van der Waals surface area contributed by atoms with Gasteiger partial charge in [0.05, 0.1) is 21.2 Å². The number of thiocarbonyl (C=S) groups is 1. The molecule has 7 heteroatoms. The Bertz CT molecular complexity index is 518. The molecular weight excluding hydrogens is 317 g/mol. The van der Waals surface area contributed by atoms with Crippen LogP contribution >= 0.6 is 35.4 Å². The maximum Gasteiger partial charge on any atom is 0.320 e. The molecule has 2 amide bonds. The minimum Gasteiger partial charge on any atom is -0.391 e. The summed E-state index contributed by atoms with van der Waals surface area (Å²) in [6, 6.07) is 4.40. The third-order valence-corrected chi connectivity index (χ3v) is 4.16. The molecule has 0 atom stereocenters. The SMILES string of the molecule is CCC(CC)(NC(=O)Nc1cc(Cl)ccc1Cl)C(N)=S. The Morgan fingerprint density at radius 2 is 1.95 bits per heavy atom. The van der Waals surface area contributed by atoms with E-state index in [2.05, 4.69) is 10.6 Å². The molecule has 0 aliphatic heterocycles. The first-order valence-corrected chi connectivity index (χ1v) is 7.35. The Morgan fingerprint density at radius 1 is 1.35 bits per heavy atom. The average Bonchev–Trinajstić information content (AvgIpc) is 2.40. The average molecular weight is 334 g/mol. The summed E-state index contributed by atoms with van der Waals surface area (Å²) in [5.74, 6) is 0. The molecule has 20 heavy (non-hydrogen) atoms. The van der Waals surface area contributed by atoms with Gasteiger partial charge in [0.25, 0.3) is 0 Å². The van der Waals surface area contributed by atoms with Crippen molar-refractivity contribution in [1.29, 1.82) is 0 Å². The number of carbonyl (C=O) groups is 1. The molecule has 0 aliphatic carbocycles. The van der Waals surface area contributed by atoms with Gasteiger partial charge in [-0.1, -0.05) is 49.3 Å². The van der Waals surface area contributed by atoms with Crippen LogP contribution in [0.15, 0.2) is 18.2 Å². The number of hydrogen-bond donors (Lipinski definition) is 3. The summed E-state index contributed by atoms with van der Waals surface area (Å²) in [4.78, 5) is 12.3. The fourth-order valence-corrected chi connectivity index (χ4v) is 2.48. The van der Waals surface area contributed by atoms with Gasteiger partial charge >= 0.3 is 6.03 Å². The second kappa shape index (κ2) is 7.11. The van der Waals surface area contributed by atoms with E-state index >= 15 is 0 Å². The van der Waals surface area contributed by atoms with E-state index in [1.807, 2.05) is 13.8 Å². The van der Waals surface area contributed by atoms with Crippen molar-refractivity contribution in [2.24, 2.45) is 5.73 Å². The lowest BCUT2D eigenvalue weighted by Gasteiger charge is -2.31. The normalized spacial score (nSPS) is 11.0. The van der Waals surface area contributed by atoms with Gasteiger partial charge in [-0.15, -0.1) is 0 Å². The lowest BCUT2D eigenvalue weighted by atomic mass is 9.93. The Labute approximate surface area is 134 Å². The predicted molar refractivity (Wildman–Crippen MR) is 88.7 cm³/mol. The number of nitrogens with two attached hydrogens (primary N) is 1. The summed E-state index contributed by atoms with van der Waals surface area (Å²) in [6.07, 6.45) is 1.21. The van der Waals surface area contributed by atoms with Gasteiger partial charge in [-0.05, 0) is 31.0 Å². The smallest absolute Gasteiger partial charge is 0.320 e. The van der Waals surface area contributed by atoms with Crippen LogP contribution in [0.5, 0.6) is 0 Å². The van der Waals surface area contributed by atoms with Crippen LogP contribution in [0.2, 0.25) is 10.0 Å². The van der Waals surface area contributed by atoms with Crippen LogP contribution in [0.25, 0.3) is 0 Å². The molecule has 0 saturated heterocycles. The molecule has 0 spiro atoms. The van der Waals surface area contributed by atoms with E-state index < -0.39 is 11.6 Å². The highest BCUT2D eigenvalue weighted by Crippen LogP contribution is 2.25. The zero-order chi connectivity index (χ0) is 15.3. The number of amides is 2. The van der Waals surface area contributed by atoms with Gasteiger partial charge in [0.2, 0.25) is 0 Å². The van der Waals surface area contributed by atoms with E-state index in [1.54, 1.807) is 18.2 Å². The van der Waals surface area contributed by atoms with Crippen molar-refractivity contribution in [3.63, 3.8) is 0 Å². The van der Waals surface area contributed by atoms with Gasteiger partial charge in [0.15, 0.2) is 0 Å². The molecule has 0 unspecified atom stereocenters. The summed E-state index contributed by atoms with van der Waals surface area (Å²) in [5.41, 5.74) is 5.46. The van der Waals surface area contributed by atoms with Crippen LogP contribution in [-0.4, -0.2) is 16.6 Å². The van der Waals surface area contributed by atoms with Crippen LogP contribution in [0.1, 0.15) is 26.7 Å². The number of rotatable bonds is 5. The van der Waals surface area contributed by atoms with Crippen LogP contribution in [-0.2, 0) is 0 Å².